The number of anilines is 1. The van der Waals surface area contributed by atoms with Crippen LogP contribution < -0.4 is 10.9 Å². The molecule has 2 aromatic heterocycles. The molecule has 0 radical (unpaired) electrons. The van der Waals surface area contributed by atoms with Gasteiger partial charge in [0.1, 0.15) is 4.83 Å². The van der Waals surface area contributed by atoms with Crippen molar-refractivity contribution < 1.29 is 9.84 Å². The van der Waals surface area contributed by atoms with Crippen molar-refractivity contribution in [1.82, 2.24) is 9.55 Å². The first-order valence-electron chi connectivity index (χ1n) is 8.61. The molecule has 0 saturated heterocycles. The van der Waals surface area contributed by atoms with E-state index >= 15 is 0 Å². The standard InChI is InChI=1S/C19H21N3O3S/c1-19(2)10-13-14(11-25-19)26-16-15(13)17(24)22(12-6-4-3-5-7-12)18(21-16)20-8-9-23/h3-7,23H,8-11H2,1-2H3,(H,20,21). The molecule has 1 aliphatic heterocycles. The van der Waals surface area contributed by atoms with Gasteiger partial charge in [-0.15, -0.1) is 11.3 Å². The van der Waals surface area contributed by atoms with Crippen LogP contribution >= 0.6 is 11.3 Å². The molecular weight excluding hydrogens is 350 g/mol. The van der Waals surface area contributed by atoms with Crippen LogP contribution in [0.3, 0.4) is 0 Å². The zero-order valence-electron chi connectivity index (χ0n) is 14.8. The Morgan fingerprint density at radius 3 is 2.85 bits per heavy atom. The molecule has 0 bridgehead atoms. The molecule has 2 N–H and O–H groups in total. The van der Waals surface area contributed by atoms with Crippen LogP contribution in [0.1, 0.15) is 24.3 Å². The molecule has 6 nitrogen and oxygen atoms in total. The zero-order chi connectivity index (χ0) is 18.3. The lowest BCUT2D eigenvalue weighted by Crippen LogP contribution is -2.32. The Balaban J connectivity index is 1.99. The Morgan fingerprint density at radius 2 is 2.12 bits per heavy atom. The minimum Gasteiger partial charge on any atom is -0.395 e. The van der Waals surface area contributed by atoms with E-state index in [4.69, 9.17) is 9.72 Å². The highest BCUT2D eigenvalue weighted by Crippen LogP contribution is 2.37. The topological polar surface area (TPSA) is 76.4 Å². The second-order valence-electron chi connectivity index (χ2n) is 6.97. The summed E-state index contributed by atoms with van der Waals surface area (Å²) < 4.78 is 7.49. The number of thiophene rings is 1. The SMILES string of the molecule is CC1(C)Cc2c(sc3nc(NCCO)n(-c4ccccc4)c(=O)c23)CO1. The Kier molecular flexibility index (Phi) is 4.30. The molecule has 3 heterocycles. The van der Waals surface area contributed by atoms with E-state index in [1.165, 1.54) is 11.3 Å². The summed E-state index contributed by atoms with van der Waals surface area (Å²) in [5.41, 5.74) is 1.42. The van der Waals surface area contributed by atoms with E-state index in [2.05, 4.69) is 5.32 Å². The van der Waals surface area contributed by atoms with Crippen LogP contribution in [0, 0.1) is 0 Å². The summed E-state index contributed by atoms with van der Waals surface area (Å²) >= 11 is 1.51. The third kappa shape index (κ3) is 2.92. The number of aliphatic hydroxyl groups excluding tert-OH is 1. The number of aromatic nitrogens is 2. The van der Waals surface area contributed by atoms with Gasteiger partial charge in [-0.1, -0.05) is 18.2 Å². The normalized spacial score (nSPS) is 15.8. The average Bonchev–Trinajstić information content (AvgIpc) is 2.97. The van der Waals surface area contributed by atoms with E-state index in [1.807, 2.05) is 44.2 Å². The molecule has 0 amide bonds. The maximum Gasteiger partial charge on any atom is 0.268 e. The summed E-state index contributed by atoms with van der Waals surface area (Å²) in [6.45, 7) is 4.88. The van der Waals surface area contributed by atoms with Gasteiger partial charge >= 0.3 is 0 Å². The van der Waals surface area contributed by atoms with Crippen LogP contribution in [0.15, 0.2) is 35.1 Å². The molecule has 4 rings (SSSR count). The van der Waals surface area contributed by atoms with Gasteiger partial charge in [0, 0.05) is 17.8 Å². The van der Waals surface area contributed by atoms with Gasteiger partial charge in [-0.25, -0.2) is 9.55 Å². The number of ether oxygens (including phenoxy) is 1. The summed E-state index contributed by atoms with van der Waals surface area (Å²) in [6, 6.07) is 9.45. The number of para-hydroxylation sites is 1. The molecule has 1 aliphatic rings. The number of benzene rings is 1. The van der Waals surface area contributed by atoms with Gasteiger partial charge in [0.25, 0.3) is 5.56 Å². The predicted molar refractivity (Wildman–Crippen MR) is 103 cm³/mol. The largest absolute Gasteiger partial charge is 0.395 e. The number of nitrogens with zero attached hydrogens (tertiary/aromatic N) is 2. The second kappa shape index (κ2) is 6.50. The van der Waals surface area contributed by atoms with Crippen molar-refractivity contribution in [2.24, 2.45) is 0 Å². The smallest absolute Gasteiger partial charge is 0.268 e. The number of nitrogens with one attached hydrogen (secondary N) is 1. The van der Waals surface area contributed by atoms with Crippen molar-refractivity contribution in [3.8, 4) is 5.69 Å². The van der Waals surface area contributed by atoms with Crippen LogP contribution in [0.5, 0.6) is 0 Å². The highest BCUT2D eigenvalue weighted by Gasteiger charge is 2.31. The fraction of sp³-hybridized carbons (Fsp3) is 0.368. The highest BCUT2D eigenvalue weighted by atomic mass is 32.1. The Labute approximate surface area is 155 Å². The van der Waals surface area contributed by atoms with Crippen LogP contribution in [0.4, 0.5) is 5.95 Å². The summed E-state index contributed by atoms with van der Waals surface area (Å²) in [5, 5.41) is 12.9. The van der Waals surface area contributed by atoms with Gasteiger partial charge in [-0.05, 0) is 31.5 Å². The van der Waals surface area contributed by atoms with Crippen molar-refractivity contribution in [2.75, 3.05) is 18.5 Å². The molecule has 1 aromatic carbocycles. The summed E-state index contributed by atoms with van der Waals surface area (Å²) in [5.74, 6) is 0.446. The number of hydrogen-bond acceptors (Lipinski definition) is 6. The fourth-order valence-electron chi connectivity index (χ4n) is 3.30. The molecule has 0 saturated carbocycles. The first-order valence-corrected chi connectivity index (χ1v) is 9.43. The molecule has 3 aromatic rings. The molecule has 7 heteroatoms. The van der Waals surface area contributed by atoms with Crippen molar-refractivity contribution >= 4 is 27.5 Å². The van der Waals surface area contributed by atoms with Gasteiger partial charge in [-0.3, -0.25) is 4.79 Å². The molecule has 136 valence electrons. The van der Waals surface area contributed by atoms with Crippen LogP contribution in [0.2, 0.25) is 0 Å². The van der Waals surface area contributed by atoms with Crippen LogP contribution in [-0.4, -0.2) is 33.4 Å². The maximum absolute atomic E-state index is 13.4. The van der Waals surface area contributed by atoms with Crippen LogP contribution in [0.25, 0.3) is 15.9 Å². The number of aliphatic hydroxyl groups is 1. The Hall–Kier alpha value is -2.22. The minimum atomic E-state index is -0.293. The molecule has 0 fully saturated rings. The average molecular weight is 371 g/mol. The predicted octanol–water partition coefficient (Wildman–Crippen LogP) is 2.70. The molecule has 0 unspecified atom stereocenters. The van der Waals surface area contributed by atoms with Crippen molar-refractivity contribution in [3.63, 3.8) is 0 Å². The van der Waals surface area contributed by atoms with Gasteiger partial charge in [0.15, 0.2) is 0 Å². The van der Waals surface area contributed by atoms with E-state index in [0.717, 1.165) is 16.1 Å². The van der Waals surface area contributed by atoms with E-state index in [1.54, 1.807) is 4.57 Å². The number of hydrogen-bond donors (Lipinski definition) is 2. The van der Waals surface area contributed by atoms with E-state index in [0.29, 0.717) is 35.7 Å². The van der Waals surface area contributed by atoms with Crippen LogP contribution in [-0.2, 0) is 17.8 Å². The first kappa shape index (κ1) is 17.2. The zero-order valence-corrected chi connectivity index (χ0v) is 15.6. The lowest BCUT2D eigenvalue weighted by atomic mass is 9.94. The summed E-state index contributed by atoms with van der Waals surface area (Å²) in [6.07, 6.45) is 0.692. The third-order valence-corrected chi connectivity index (χ3v) is 5.61. The number of rotatable bonds is 4. The molecule has 0 aliphatic carbocycles. The minimum absolute atomic E-state index is 0.0360. The fourth-order valence-corrected chi connectivity index (χ4v) is 4.39. The van der Waals surface area contributed by atoms with E-state index in [-0.39, 0.29) is 17.8 Å². The van der Waals surface area contributed by atoms with Gasteiger partial charge < -0.3 is 15.2 Å². The second-order valence-corrected chi connectivity index (χ2v) is 8.05. The quantitative estimate of drug-likeness (QED) is 0.737. The van der Waals surface area contributed by atoms with Gasteiger partial charge in [-0.2, -0.15) is 0 Å². The molecular formula is C19H21N3O3S. The lowest BCUT2D eigenvalue weighted by molar-refractivity contribution is -0.0379. The van der Waals surface area contributed by atoms with Gasteiger partial charge in [0.2, 0.25) is 5.95 Å². The Morgan fingerprint density at radius 1 is 1.35 bits per heavy atom. The van der Waals surface area contributed by atoms with Crippen molar-refractivity contribution in [1.29, 1.82) is 0 Å². The Bertz CT molecular complexity index is 1010. The third-order valence-electron chi connectivity index (χ3n) is 4.51. The van der Waals surface area contributed by atoms with E-state index in [9.17, 15) is 9.90 Å². The van der Waals surface area contributed by atoms with E-state index < -0.39 is 0 Å². The maximum atomic E-state index is 13.4. The number of fused-ring (bicyclic) bond motifs is 3. The monoisotopic (exact) mass is 371 g/mol. The molecule has 26 heavy (non-hydrogen) atoms. The van der Waals surface area contributed by atoms with Crippen molar-refractivity contribution in [2.45, 2.75) is 32.5 Å². The van der Waals surface area contributed by atoms with Crippen molar-refractivity contribution in [3.05, 3.63) is 51.1 Å². The summed E-state index contributed by atoms with van der Waals surface area (Å²) in [7, 11) is 0. The summed E-state index contributed by atoms with van der Waals surface area (Å²) in [4.78, 5) is 19.9. The van der Waals surface area contributed by atoms with Gasteiger partial charge in [0.05, 0.1) is 29.9 Å². The molecule has 0 atom stereocenters. The lowest BCUT2D eigenvalue weighted by Gasteiger charge is -2.29. The highest BCUT2D eigenvalue weighted by molar-refractivity contribution is 7.18. The first-order chi connectivity index (χ1) is 12.5. The molecule has 0 spiro atoms.